The van der Waals surface area contributed by atoms with Gasteiger partial charge in [0.15, 0.2) is 0 Å². The van der Waals surface area contributed by atoms with E-state index in [0.29, 0.717) is 29.5 Å². The number of anilines is 2. The number of nitrogens with zero attached hydrogens (tertiary/aromatic N) is 2. The lowest BCUT2D eigenvalue weighted by atomic mass is 10.0. The topological polar surface area (TPSA) is 90.8 Å². The maximum Gasteiger partial charge on any atom is 0.258 e. The summed E-state index contributed by atoms with van der Waals surface area (Å²) in [6, 6.07) is 11.4. The zero-order chi connectivity index (χ0) is 20.8. The molecular weight excluding hydrogens is 386 g/mol. The first-order valence-electron chi connectivity index (χ1n) is 9.22. The van der Waals surface area contributed by atoms with Crippen molar-refractivity contribution in [2.45, 2.75) is 26.3 Å². The molecule has 0 fully saturated rings. The Balaban J connectivity index is 1.77. The van der Waals surface area contributed by atoms with Gasteiger partial charge in [0.1, 0.15) is 5.82 Å². The van der Waals surface area contributed by atoms with E-state index < -0.39 is 0 Å². The number of pyridine rings is 2. The summed E-state index contributed by atoms with van der Waals surface area (Å²) in [4.78, 5) is 21.0. The summed E-state index contributed by atoms with van der Waals surface area (Å²) in [6.45, 7) is 4.73. The summed E-state index contributed by atoms with van der Waals surface area (Å²) in [5.41, 5.74) is 3.46. The highest BCUT2D eigenvalue weighted by Gasteiger charge is 2.17. The fraction of sp³-hybridized carbons (Fsp3) is 0.182. The van der Waals surface area contributed by atoms with Crippen LogP contribution in [0.1, 0.15) is 46.8 Å². The van der Waals surface area contributed by atoms with Crippen molar-refractivity contribution in [1.82, 2.24) is 9.97 Å². The van der Waals surface area contributed by atoms with Crippen molar-refractivity contribution in [2.24, 2.45) is 0 Å². The van der Waals surface area contributed by atoms with E-state index in [9.17, 15) is 4.79 Å². The zero-order valence-electron chi connectivity index (χ0n) is 16.2. The second kappa shape index (κ2) is 9.30. The van der Waals surface area contributed by atoms with Crippen molar-refractivity contribution in [2.75, 3.05) is 10.6 Å². The number of amides is 1. The van der Waals surface area contributed by atoms with Gasteiger partial charge >= 0.3 is 0 Å². The molecule has 0 atom stereocenters. The molecule has 3 N–H and O–H groups in total. The molecule has 1 amide bonds. The molecule has 3 rings (SSSR count). The van der Waals surface area contributed by atoms with Crippen LogP contribution in [0.3, 0.4) is 0 Å². The van der Waals surface area contributed by atoms with Crippen LogP contribution in [0.4, 0.5) is 11.5 Å². The summed E-state index contributed by atoms with van der Waals surface area (Å²) >= 11 is 6.42. The third-order valence-corrected chi connectivity index (χ3v) is 4.89. The smallest absolute Gasteiger partial charge is 0.258 e. The van der Waals surface area contributed by atoms with E-state index in [2.05, 4.69) is 34.4 Å². The Labute approximate surface area is 174 Å². The maximum absolute atomic E-state index is 12.7. The Morgan fingerprint density at radius 2 is 1.86 bits per heavy atom. The molecule has 0 aliphatic rings. The van der Waals surface area contributed by atoms with Crippen molar-refractivity contribution in [3.8, 4) is 0 Å². The minimum atomic E-state index is -0.372. The lowest BCUT2D eigenvalue weighted by molar-refractivity contribution is 0.102. The minimum Gasteiger partial charge on any atom is -0.365 e. The molecule has 29 heavy (non-hydrogen) atoms. The van der Waals surface area contributed by atoms with Crippen LogP contribution < -0.4 is 10.6 Å². The fourth-order valence-corrected chi connectivity index (χ4v) is 3.05. The highest BCUT2D eigenvalue weighted by atomic mass is 35.5. The number of carbonyl (C=O) groups is 1. The van der Waals surface area contributed by atoms with E-state index in [1.165, 1.54) is 11.8 Å². The molecule has 0 saturated carbocycles. The Hall–Kier alpha value is -3.25. The summed E-state index contributed by atoms with van der Waals surface area (Å²) < 4.78 is 0. The molecule has 2 heterocycles. The molecule has 1 aromatic carbocycles. The summed E-state index contributed by atoms with van der Waals surface area (Å²) in [7, 11) is 0. The third-order valence-electron chi connectivity index (χ3n) is 4.48. The molecule has 0 aliphatic heterocycles. The molecule has 6 nitrogen and oxygen atoms in total. The number of nitrogens with one attached hydrogen (secondary N) is 3. The largest absolute Gasteiger partial charge is 0.365 e. The number of benzene rings is 1. The molecule has 0 saturated heterocycles. The van der Waals surface area contributed by atoms with Crippen LogP contribution in [0, 0.1) is 5.41 Å². The van der Waals surface area contributed by atoms with E-state index in [-0.39, 0.29) is 16.5 Å². The molecule has 0 aliphatic carbocycles. The normalized spacial score (nSPS) is 10.6. The number of carbonyl (C=O) groups excluding carboxylic acids is 1. The van der Waals surface area contributed by atoms with E-state index in [1.807, 2.05) is 36.4 Å². The molecule has 0 radical (unpaired) electrons. The standard InChI is InChI=1S/C22H22ClN5O/c1-14(2)16-3-5-17(6-4-16)28-22(29)19-13-27-21(18(11-24)20(19)23)26-12-15-7-9-25-10-8-15/h3-11,13-14,24H,12H2,1-2H3,(H,26,27)(H,28,29). The van der Waals surface area contributed by atoms with E-state index in [4.69, 9.17) is 17.0 Å². The SMILES string of the molecule is CC(C)c1ccc(NC(=O)c2cnc(NCc3ccncc3)c(C=N)c2Cl)cc1. The predicted octanol–water partition coefficient (Wildman–Crippen LogP) is 5.12. The van der Waals surface area contributed by atoms with Gasteiger partial charge in [0.05, 0.1) is 16.1 Å². The van der Waals surface area contributed by atoms with Gasteiger partial charge in [-0.05, 0) is 41.3 Å². The predicted molar refractivity (Wildman–Crippen MR) is 117 cm³/mol. The second-order valence-corrected chi connectivity index (χ2v) is 7.21. The Kier molecular flexibility index (Phi) is 6.57. The van der Waals surface area contributed by atoms with Crippen LogP contribution in [0.2, 0.25) is 5.02 Å². The van der Waals surface area contributed by atoms with Crippen molar-refractivity contribution < 1.29 is 4.79 Å². The van der Waals surface area contributed by atoms with Gasteiger partial charge in [-0.2, -0.15) is 0 Å². The lowest BCUT2D eigenvalue weighted by Crippen LogP contribution is -2.15. The van der Waals surface area contributed by atoms with Gasteiger partial charge in [0.2, 0.25) is 0 Å². The Morgan fingerprint density at radius 1 is 1.17 bits per heavy atom. The maximum atomic E-state index is 12.7. The van der Waals surface area contributed by atoms with E-state index >= 15 is 0 Å². The van der Waals surface area contributed by atoms with Crippen LogP contribution >= 0.6 is 11.6 Å². The zero-order valence-corrected chi connectivity index (χ0v) is 17.0. The highest BCUT2D eigenvalue weighted by molar-refractivity contribution is 6.37. The molecule has 0 unspecified atom stereocenters. The molecule has 0 spiro atoms. The van der Waals surface area contributed by atoms with E-state index in [1.54, 1.807) is 12.4 Å². The number of rotatable bonds is 7. The molecule has 0 bridgehead atoms. The van der Waals surface area contributed by atoms with E-state index in [0.717, 1.165) is 11.8 Å². The molecular formula is C22H22ClN5O. The molecule has 2 aromatic heterocycles. The van der Waals surface area contributed by atoms with Gasteiger partial charge in [-0.1, -0.05) is 37.6 Å². The Bertz CT molecular complexity index is 1000. The quantitative estimate of drug-likeness (QED) is 0.474. The van der Waals surface area contributed by atoms with Gasteiger partial charge in [-0.3, -0.25) is 9.78 Å². The van der Waals surface area contributed by atoms with Crippen LogP contribution in [-0.4, -0.2) is 22.1 Å². The number of hydrogen-bond acceptors (Lipinski definition) is 5. The van der Waals surface area contributed by atoms with Gasteiger partial charge < -0.3 is 16.0 Å². The lowest BCUT2D eigenvalue weighted by Gasteiger charge is -2.13. The summed E-state index contributed by atoms with van der Waals surface area (Å²) in [6.07, 6.45) is 5.92. The van der Waals surface area contributed by atoms with Crippen LogP contribution in [0.5, 0.6) is 0 Å². The van der Waals surface area contributed by atoms with Crippen molar-refractivity contribution in [3.05, 3.63) is 82.3 Å². The van der Waals surface area contributed by atoms with Crippen LogP contribution in [-0.2, 0) is 6.54 Å². The minimum absolute atomic E-state index is 0.184. The summed E-state index contributed by atoms with van der Waals surface area (Å²) in [5.74, 6) is 0.490. The first kappa shape index (κ1) is 20.5. The van der Waals surface area contributed by atoms with Gasteiger partial charge in [-0.15, -0.1) is 0 Å². The third kappa shape index (κ3) is 4.97. The van der Waals surface area contributed by atoms with Crippen LogP contribution in [0.15, 0.2) is 55.0 Å². The average Bonchev–Trinajstić information content (AvgIpc) is 2.73. The highest BCUT2D eigenvalue weighted by Crippen LogP contribution is 2.26. The fourth-order valence-electron chi connectivity index (χ4n) is 2.77. The molecule has 148 valence electrons. The molecule has 3 aromatic rings. The molecule has 7 heteroatoms. The van der Waals surface area contributed by atoms with Crippen molar-refractivity contribution in [1.29, 1.82) is 5.41 Å². The average molecular weight is 408 g/mol. The monoisotopic (exact) mass is 407 g/mol. The Morgan fingerprint density at radius 3 is 2.48 bits per heavy atom. The number of hydrogen-bond donors (Lipinski definition) is 3. The van der Waals surface area contributed by atoms with Gasteiger partial charge in [0, 0.05) is 37.0 Å². The van der Waals surface area contributed by atoms with Crippen molar-refractivity contribution >= 4 is 35.2 Å². The van der Waals surface area contributed by atoms with Gasteiger partial charge in [0.25, 0.3) is 5.91 Å². The summed E-state index contributed by atoms with van der Waals surface area (Å²) in [5, 5.41) is 13.9. The van der Waals surface area contributed by atoms with Gasteiger partial charge in [-0.25, -0.2) is 4.98 Å². The van der Waals surface area contributed by atoms with Crippen LogP contribution in [0.25, 0.3) is 0 Å². The first-order valence-corrected chi connectivity index (χ1v) is 9.60. The second-order valence-electron chi connectivity index (χ2n) is 6.83. The number of halogens is 1. The first-order chi connectivity index (χ1) is 14.0. The van der Waals surface area contributed by atoms with Crippen molar-refractivity contribution in [3.63, 3.8) is 0 Å². The number of aromatic nitrogens is 2.